The summed E-state index contributed by atoms with van der Waals surface area (Å²) in [5.41, 5.74) is 5.20. The lowest BCUT2D eigenvalue weighted by Crippen LogP contribution is -2.64. The van der Waals surface area contributed by atoms with E-state index in [9.17, 15) is 84.3 Å². The van der Waals surface area contributed by atoms with Crippen LogP contribution in [0.15, 0.2) is 24.3 Å². The average molecular weight is 1050 g/mol. The number of benzene rings is 1. The van der Waals surface area contributed by atoms with Crippen molar-refractivity contribution in [1.82, 2.24) is 36.4 Å². The van der Waals surface area contributed by atoms with Gasteiger partial charge in [-0.25, -0.2) is 0 Å². The summed E-state index contributed by atoms with van der Waals surface area (Å²) in [5.74, 6) is -8.57. The molecule has 0 aliphatic carbocycles. The molecule has 3 aliphatic rings. The number of fused-ring (bicyclic) bond motifs is 2. The maximum Gasteiger partial charge on any atom is 0.248 e. The summed E-state index contributed by atoms with van der Waals surface area (Å²) >= 11 is 0. The molecule has 4 rings (SSSR count). The molecule has 0 aromatic heterocycles. The van der Waals surface area contributed by atoms with E-state index in [-0.39, 0.29) is 24.2 Å². The first kappa shape index (κ1) is 61.0. The van der Waals surface area contributed by atoms with Crippen molar-refractivity contribution >= 4 is 47.3 Å². The first-order chi connectivity index (χ1) is 35.0. The molecule has 15 atom stereocenters. The van der Waals surface area contributed by atoms with E-state index in [0.717, 1.165) is 67.7 Å². The molecule has 3 saturated heterocycles. The van der Waals surface area contributed by atoms with Gasteiger partial charge in [0.05, 0.1) is 31.3 Å². The average Bonchev–Trinajstić information content (AvgIpc) is 3.95. The molecule has 0 spiro atoms. The Hall–Kier alpha value is -5.54. The second-order valence-electron chi connectivity index (χ2n) is 20.1. The maximum atomic E-state index is 14.3. The van der Waals surface area contributed by atoms with Crippen LogP contribution in [0.2, 0.25) is 0 Å². The number of nitrogens with zero attached hydrogens (tertiary/aromatic N) is 2. The van der Waals surface area contributed by atoms with Crippen LogP contribution in [0.4, 0.5) is 0 Å². The number of unbranched alkanes of at least 4 members (excludes halogenated alkanes) is 5. The fourth-order valence-corrected chi connectivity index (χ4v) is 9.63. The van der Waals surface area contributed by atoms with Crippen LogP contribution in [0.25, 0.3) is 0 Å². The summed E-state index contributed by atoms with van der Waals surface area (Å²) in [6.45, 7) is 4.53. The normalized spacial score (nSPS) is 28.8. The first-order valence-electron chi connectivity index (χ1n) is 25.5. The highest BCUT2D eigenvalue weighted by Gasteiger charge is 2.48. The zero-order valence-corrected chi connectivity index (χ0v) is 42.3. The Kier molecular flexibility index (Phi) is 23.9. The molecule has 3 fully saturated rings. The predicted molar refractivity (Wildman–Crippen MR) is 261 cm³/mol. The molecular weight excluding hydrogens is 973 g/mol. The van der Waals surface area contributed by atoms with Gasteiger partial charge in [-0.3, -0.25) is 38.4 Å². The van der Waals surface area contributed by atoms with Gasteiger partial charge >= 0.3 is 0 Å². The van der Waals surface area contributed by atoms with Crippen LogP contribution in [-0.2, 0) is 38.4 Å². The number of aromatic hydroxyl groups is 1. The van der Waals surface area contributed by atoms with Crippen molar-refractivity contribution in [2.24, 2.45) is 17.6 Å². The van der Waals surface area contributed by atoms with E-state index in [2.05, 4.69) is 42.0 Å². The molecule has 1 aromatic carbocycles. The number of hydrogen-bond donors (Lipinski definition) is 15. The van der Waals surface area contributed by atoms with E-state index in [1.807, 2.05) is 5.32 Å². The van der Waals surface area contributed by atoms with Crippen LogP contribution in [0.5, 0.6) is 5.75 Å². The summed E-state index contributed by atoms with van der Waals surface area (Å²) in [4.78, 5) is 112. The van der Waals surface area contributed by atoms with Crippen LogP contribution in [0.1, 0.15) is 122 Å². The molecule has 0 saturated carbocycles. The monoisotopic (exact) mass is 1050 g/mol. The topological polar surface area (TPSA) is 411 Å². The van der Waals surface area contributed by atoms with Crippen molar-refractivity contribution in [3.05, 3.63) is 29.8 Å². The summed E-state index contributed by atoms with van der Waals surface area (Å²) < 4.78 is 0. The lowest BCUT2D eigenvalue weighted by atomic mass is 9.91. The van der Waals surface area contributed by atoms with Crippen LogP contribution >= 0.6 is 0 Å². The van der Waals surface area contributed by atoms with Crippen molar-refractivity contribution in [1.29, 1.82) is 0 Å². The molecule has 2 unspecified atom stereocenters. The summed E-state index contributed by atoms with van der Waals surface area (Å²) in [7, 11) is 0. The van der Waals surface area contributed by atoms with E-state index < -0.39 is 165 Å². The quantitative estimate of drug-likeness (QED) is 0.0558. The van der Waals surface area contributed by atoms with Crippen LogP contribution < -0.4 is 32.3 Å². The number of hydrogen-bond acceptors (Lipinski definition) is 17. The molecule has 0 bridgehead atoms. The number of phenolic OH excluding ortho intramolecular Hbond substituents is 1. The van der Waals surface area contributed by atoms with Gasteiger partial charge in [-0.15, -0.1) is 0 Å². The van der Waals surface area contributed by atoms with E-state index in [1.165, 1.54) is 6.42 Å². The van der Waals surface area contributed by atoms with E-state index in [0.29, 0.717) is 29.6 Å². The molecule has 25 nitrogen and oxygen atoms in total. The minimum absolute atomic E-state index is 0.0759. The van der Waals surface area contributed by atoms with Crippen molar-refractivity contribution in [2.75, 3.05) is 19.7 Å². The van der Waals surface area contributed by atoms with Gasteiger partial charge in [0.15, 0.2) is 6.23 Å². The predicted octanol–water partition coefficient (Wildman–Crippen LogP) is -3.73. The minimum atomic E-state index is -2.36. The van der Waals surface area contributed by atoms with Gasteiger partial charge in [0.2, 0.25) is 47.3 Å². The van der Waals surface area contributed by atoms with Gasteiger partial charge in [-0.05, 0) is 48.8 Å². The third-order valence-corrected chi connectivity index (χ3v) is 14.1. The lowest BCUT2D eigenvalue weighted by Gasteiger charge is -2.34. The number of aliphatic hydroxyl groups is 8. The highest BCUT2D eigenvalue weighted by Crippen LogP contribution is 2.26. The van der Waals surface area contributed by atoms with Crippen molar-refractivity contribution in [3.8, 4) is 5.75 Å². The Morgan fingerprint density at radius 3 is 2.03 bits per heavy atom. The number of amides is 8. The number of nitrogens with one attached hydrogen (secondary N) is 5. The Labute approximate surface area is 429 Å². The summed E-state index contributed by atoms with van der Waals surface area (Å²) in [5, 5.41) is 110. The molecule has 3 heterocycles. The number of rotatable bonds is 20. The SMILES string of the molecule is CCC(C)CC(C)CCCCCCCCC(=O)N[C@H]1C[C@@H](O)[C@@H](O)NC(=O)[C@@H]2[C@@H](O)CCN2C(=O)[C@H]([C@H](O)CC(N)=O)NC(=O)[C@H]([C@H](O)[C@@H](O)c2ccc(O)cc2)NC(=O)[C@@H]2C[C@@H](O)CN2C(=O)[C@H](CO)NC1=O. The van der Waals surface area contributed by atoms with Gasteiger partial charge < -0.3 is 88.1 Å². The maximum absolute atomic E-state index is 14.3. The van der Waals surface area contributed by atoms with Gasteiger partial charge in [-0.2, -0.15) is 0 Å². The lowest BCUT2D eigenvalue weighted by molar-refractivity contribution is -0.149. The van der Waals surface area contributed by atoms with Gasteiger partial charge in [0.25, 0.3) is 0 Å². The zero-order valence-electron chi connectivity index (χ0n) is 42.3. The van der Waals surface area contributed by atoms with E-state index >= 15 is 0 Å². The van der Waals surface area contributed by atoms with Crippen LogP contribution in [0, 0.1) is 11.8 Å². The van der Waals surface area contributed by atoms with Crippen LogP contribution in [0.3, 0.4) is 0 Å². The molecule has 74 heavy (non-hydrogen) atoms. The molecule has 1 aromatic rings. The molecule has 25 heteroatoms. The van der Waals surface area contributed by atoms with Crippen molar-refractivity contribution < 1.29 is 84.3 Å². The minimum Gasteiger partial charge on any atom is -0.508 e. The molecule has 0 radical (unpaired) electrons. The number of carbonyl (C=O) groups excluding carboxylic acids is 8. The smallest absolute Gasteiger partial charge is 0.248 e. The summed E-state index contributed by atoms with van der Waals surface area (Å²) in [6.07, 6.45) is -8.34. The number of aliphatic hydroxyl groups excluding tert-OH is 8. The van der Waals surface area contributed by atoms with Crippen LogP contribution in [-0.4, -0.2) is 196 Å². The fraction of sp³-hybridized carbons (Fsp3) is 0.714. The molecule has 3 aliphatic heterocycles. The Balaban J connectivity index is 1.67. The van der Waals surface area contributed by atoms with Crippen molar-refractivity contribution in [3.63, 3.8) is 0 Å². The van der Waals surface area contributed by atoms with E-state index in [1.54, 1.807) is 0 Å². The number of primary amides is 1. The van der Waals surface area contributed by atoms with Gasteiger partial charge in [0.1, 0.15) is 60.3 Å². The van der Waals surface area contributed by atoms with E-state index in [4.69, 9.17) is 5.73 Å². The second-order valence-corrected chi connectivity index (χ2v) is 20.1. The Morgan fingerprint density at radius 1 is 0.757 bits per heavy atom. The van der Waals surface area contributed by atoms with Gasteiger partial charge in [0, 0.05) is 32.4 Å². The molecule has 16 N–H and O–H groups in total. The molecular formula is C49H78N8O17. The Morgan fingerprint density at radius 2 is 1.39 bits per heavy atom. The number of nitrogens with two attached hydrogens (primary N) is 1. The number of carbonyl (C=O) groups is 8. The third kappa shape index (κ3) is 17.3. The standard InChI is InChI=1S/C49H78N8O17/c1-4-25(2)19-26(3)11-9-7-5-6-8-10-12-37(65)51-30-21-35(63)45(70)55-47(72)40-33(61)17-18-56(40)49(74)38(34(62)22-36(50)64)53-46(71)39(42(67)41(66)27-13-15-28(59)16-14-27)54-44(69)32-20-29(60)23-57(32)48(73)31(24-58)52-43(30)68/h13-16,25-26,29-35,38-42,45,58-63,66-67,70H,4-12,17-24H2,1-3H3,(H2,50,64)(H,51,65)(H,52,68)(H,53,71)(H,54,69)(H,55,72)/t25?,26?,29-,30+,31+,32+,33+,34-,35-,38+,39+,40+,41+,42+,45-/m1/s1. The zero-order chi connectivity index (χ0) is 55.0. The highest BCUT2D eigenvalue weighted by molar-refractivity contribution is 5.98. The molecule has 416 valence electrons. The summed E-state index contributed by atoms with van der Waals surface area (Å²) in [6, 6.07) is -7.31. The first-order valence-corrected chi connectivity index (χ1v) is 25.5. The third-order valence-electron chi connectivity index (χ3n) is 14.1. The van der Waals surface area contributed by atoms with Crippen molar-refractivity contribution in [2.45, 2.75) is 190 Å². The molecule has 8 amide bonds. The largest absolute Gasteiger partial charge is 0.508 e. The number of phenols is 1. The second kappa shape index (κ2) is 28.9. The Bertz CT molecular complexity index is 2070. The van der Waals surface area contributed by atoms with Gasteiger partial charge in [-0.1, -0.05) is 77.8 Å². The fourth-order valence-electron chi connectivity index (χ4n) is 9.63. The highest BCUT2D eigenvalue weighted by atomic mass is 16.3.